The molecule has 192 valence electrons. The van der Waals surface area contributed by atoms with Crippen LogP contribution in [0.4, 0.5) is 23.8 Å². The zero-order valence-electron chi connectivity index (χ0n) is 16.8. The summed E-state index contributed by atoms with van der Waals surface area (Å²) in [6.45, 7) is 0. The standard InChI is InChI=1S/2C4H2N10O2.4H2O/c2*5-13-11-3-6-1(8-10-3)2-7-4(12-9-2)14(15)16;;;;/h2*(H,6,8,10)(H,7,9,12);4*1H2. The van der Waals surface area contributed by atoms with Crippen molar-refractivity contribution in [2.24, 2.45) is 10.2 Å². The van der Waals surface area contributed by atoms with Crippen molar-refractivity contribution in [1.29, 1.82) is 0 Å². The van der Waals surface area contributed by atoms with Crippen LogP contribution < -0.4 is 0 Å². The summed E-state index contributed by atoms with van der Waals surface area (Å²) in [5.41, 5.74) is 16.2. The molecule has 0 amide bonds. The lowest BCUT2D eigenvalue weighted by atomic mass is 10.6. The molecular weight excluding hydrogens is 504 g/mol. The van der Waals surface area contributed by atoms with E-state index >= 15 is 0 Å². The number of nitrogens with one attached hydrogen (secondary N) is 4. The van der Waals surface area contributed by atoms with E-state index in [1.807, 2.05) is 0 Å². The second-order valence-corrected chi connectivity index (χ2v) is 4.83. The Morgan fingerprint density at radius 1 is 0.639 bits per heavy atom. The molecule has 28 nitrogen and oxygen atoms in total. The minimum atomic E-state index is -0.735. The molecule has 4 aromatic rings. The summed E-state index contributed by atoms with van der Waals surface area (Å²) in [6.07, 6.45) is 0. The zero-order valence-corrected chi connectivity index (χ0v) is 16.8. The van der Waals surface area contributed by atoms with Crippen LogP contribution in [0, 0.1) is 20.2 Å². The van der Waals surface area contributed by atoms with Gasteiger partial charge >= 0.3 is 23.5 Å². The molecular formula is C8H12N20O8. The molecule has 0 bridgehead atoms. The van der Waals surface area contributed by atoms with E-state index in [0.717, 1.165) is 0 Å². The van der Waals surface area contributed by atoms with Crippen LogP contribution in [-0.4, -0.2) is 92.5 Å². The monoisotopic (exact) mass is 516 g/mol. The van der Waals surface area contributed by atoms with Gasteiger partial charge in [-0.05, 0) is 41.1 Å². The van der Waals surface area contributed by atoms with E-state index in [-0.39, 0.29) is 57.1 Å². The summed E-state index contributed by atoms with van der Waals surface area (Å²) >= 11 is 0. The number of H-pyrrole nitrogens is 4. The molecule has 0 aliphatic rings. The highest BCUT2D eigenvalue weighted by atomic mass is 16.6. The lowest BCUT2D eigenvalue weighted by Crippen LogP contribution is -1.89. The first-order valence-electron chi connectivity index (χ1n) is 7.50. The normalized spacial score (nSPS) is 8.67. The van der Waals surface area contributed by atoms with Gasteiger partial charge in [-0.2, -0.15) is 10.2 Å². The molecule has 0 aromatic carbocycles. The molecule has 0 fully saturated rings. The highest BCUT2D eigenvalue weighted by Gasteiger charge is 2.19. The number of rotatable bonds is 6. The van der Waals surface area contributed by atoms with Gasteiger partial charge in [-0.15, -0.1) is 10.2 Å². The summed E-state index contributed by atoms with van der Waals surface area (Å²) in [5.74, 6) is -1.29. The summed E-state index contributed by atoms with van der Waals surface area (Å²) < 4.78 is 0. The predicted molar refractivity (Wildman–Crippen MR) is 109 cm³/mol. The lowest BCUT2D eigenvalue weighted by molar-refractivity contribution is -0.394. The molecule has 0 saturated heterocycles. The fraction of sp³-hybridized carbons (Fsp3) is 0. The van der Waals surface area contributed by atoms with E-state index in [0.29, 0.717) is 0 Å². The fourth-order valence-corrected chi connectivity index (χ4v) is 1.76. The molecule has 0 aliphatic carbocycles. The molecule has 12 N–H and O–H groups in total. The van der Waals surface area contributed by atoms with Gasteiger partial charge in [0.15, 0.2) is 0 Å². The number of hydrogen-bond donors (Lipinski definition) is 4. The van der Waals surface area contributed by atoms with E-state index in [2.05, 4.69) is 80.8 Å². The molecule has 4 rings (SSSR count). The van der Waals surface area contributed by atoms with Crippen molar-refractivity contribution < 1.29 is 31.8 Å². The van der Waals surface area contributed by atoms with Crippen LogP contribution in [0.2, 0.25) is 0 Å². The Morgan fingerprint density at radius 3 is 1.28 bits per heavy atom. The second kappa shape index (κ2) is 14.1. The van der Waals surface area contributed by atoms with Gasteiger partial charge in [-0.1, -0.05) is 10.2 Å². The van der Waals surface area contributed by atoms with Crippen LogP contribution in [0.15, 0.2) is 10.2 Å². The largest absolute Gasteiger partial charge is 0.453 e. The van der Waals surface area contributed by atoms with Crippen LogP contribution in [0.3, 0.4) is 0 Å². The van der Waals surface area contributed by atoms with Crippen molar-refractivity contribution in [3.63, 3.8) is 0 Å². The van der Waals surface area contributed by atoms with Crippen molar-refractivity contribution in [3.05, 3.63) is 41.1 Å². The van der Waals surface area contributed by atoms with Crippen LogP contribution in [-0.2, 0) is 0 Å². The van der Waals surface area contributed by atoms with Gasteiger partial charge in [0.2, 0.25) is 23.5 Å². The molecule has 0 radical (unpaired) electrons. The summed E-state index contributed by atoms with van der Waals surface area (Å²) in [6, 6.07) is 0. The van der Waals surface area contributed by atoms with Gasteiger partial charge in [0.05, 0.1) is 0 Å². The summed E-state index contributed by atoms with van der Waals surface area (Å²) in [5, 5.41) is 49.9. The third-order valence-corrected chi connectivity index (χ3v) is 2.93. The van der Waals surface area contributed by atoms with E-state index in [9.17, 15) is 20.2 Å². The number of aromatic nitrogens is 12. The van der Waals surface area contributed by atoms with Crippen molar-refractivity contribution in [2.45, 2.75) is 0 Å². The maximum absolute atomic E-state index is 10.3. The van der Waals surface area contributed by atoms with Crippen molar-refractivity contribution in [1.82, 2.24) is 60.7 Å². The first-order valence-corrected chi connectivity index (χ1v) is 7.50. The Hall–Kier alpha value is -6.18. The summed E-state index contributed by atoms with van der Waals surface area (Å²) in [7, 11) is 0. The minimum absolute atomic E-state index is 0. The number of aromatic amines is 4. The van der Waals surface area contributed by atoms with Crippen LogP contribution in [0.25, 0.3) is 44.2 Å². The average Bonchev–Trinajstić information content (AvgIpc) is 3.53. The van der Waals surface area contributed by atoms with Gasteiger partial charge < -0.3 is 42.1 Å². The van der Waals surface area contributed by atoms with E-state index < -0.39 is 21.7 Å². The summed E-state index contributed by atoms with van der Waals surface area (Å²) in [4.78, 5) is 38.5. The Balaban J connectivity index is 0. The van der Waals surface area contributed by atoms with Gasteiger partial charge in [0.1, 0.15) is 0 Å². The van der Waals surface area contributed by atoms with E-state index in [1.165, 1.54) is 0 Å². The molecule has 4 aromatic heterocycles. The van der Waals surface area contributed by atoms with Gasteiger partial charge in [0.25, 0.3) is 0 Å². The molecule has 28 heteroatoms. The van der Waals surface area contributed by atoms with Crippen molar-refractivity contribution in [2.75, 3.05) is 0 Å². The fourth-order valence-electron chi connectivity index (χ4n) is 1.76. The Bertz CT molecular complexity index is 1190. The average molecular weight is 516 g/mol. The third-order valence-electron chi connectivity index (χ3n) is 2.93. The number of azide groups is 2. The third kappa shape index (κ3) is 7.45. The molecule has 0 unspecified atom stereocenters. The second-order valence-electron chi connectivity index (χ2n) is 4.83. The highest BCUT2D eigenvalue weighted by Crippen LogP contribution is 2.15. The SMILES string of the molecule is O.O.O.O.[N-]=[N+]=Nc1n[nH]c(-c2n[nH]c([N+](=O)[O-])n2)n1.[N-]=[N+]=Nc1n[nH]c(-c2n[nH]c([N+](=O)[O-])n2)n1. The van der Waals surface area contributed by atoms with Gasteiger partial charge in [-0.3, -0.25) is 10.2 Å². The zero-order chi connectivity index (χ0) is 23.1. The molecule has 0 saturated carbocycles. The quantitative estimate of drug-likeness (QED) is 0.0683. The number of nitro groups is 2. The van der Waals surface area contributed by atoms with Crippen molar-refractivity contribution >= 4 is 23.8 Å². The van der Waals surface area contributed by atoms with Crippen molar-refractivity contribution in [3.8, 4) is 23.3 Å². The van der Waals surface area contributed by atoms with Crippen LogP contribution in [0.5, 0.6) is 0 Å². The van der Waals surface area contributed by atoms with Gasteiger partial charge in [-0.25, -0.2) is 9.97 Å². The maximum atomic E-state index is 10.3. The molecule has 0 aliphatic heterocycles. The molecule has 0 atom stereocenters. The Morgan fingerprint density at radius 2 is 1.00 bits per heavy atom. The lowest BCUT2D eigenvalue weighted by Gasteiger charge is -1.83. The van der Waals surface area contributed by atoms with Gasteiger partial charge in [0, 0.05) is 9.82 Å². The highest BCUT2D eigenvalue weighted by molar-refractivity contribution is 5.45. The molecule has 4 heterocycles. The maximum Gasteiger partial charge on any atom is 0.453 e. The first kappa shape index (κ1) is 32.0. The Labute approximate surface area is 192 Å². The molecule has 36 heavy (non-hydrogen) atoms. The first-order chi connectivity index (χ1) is 15.4. The Kier molecular flexibility index (Phi) is 12.5. The van der Waals surface area contributed by atoms with Crippen LogP contribution >= 0.6 is 0 Å². The number of hydrogen-bond acceptors (Lipinski definition) is 14. The molecule has 0 spiro atoms. The predicted octanol–water partition coefficient (Wildman–Crippen LogP) is -2.42. The topological polar surface area (TPSA) is 476 Å². The van der Waals surface area contributed by atoms with Crippen LogP contribution in [0.1, 0.15) is 0 Å². The van der Waals surface area contributed by atoms with E-state index in [1.54, 1.807) is 0 Å². The van der Waals surface area contributed by atoms with E-state index in [4.69, 9.17) is 11.1 Å². The number of nitrogens with zero attached hydrogens (tertiary/aromatic N) is 16. The smallest absolute Gasteiger partial charge is 0.412 e. The minimum Gasteiger partial charge on any atom is -0.412 e.